The Balaban J connectivity index is 1.63. The van der Waals surface area contributed by atoms with Crippen LogP contribution in [0.4, 0.5) is 0 Å². The fourth-order valence-corrected chi connectivity index (χ4v) is 3.01. The van der Waals surface area contributed by atoms with Gasteiger partial charge in [-0.05, 0) is 29.5 Å². The monoisotopic (exact) mass is 343 g/mol. The van der Waals surface area contributed by atoms with E-state index < -0.39 is 0 Å². The fraction of sp³-hybridized carbons (Fsp3) is 0.529. The van der Waals surface area contributed by atoms with E-state index in [0.717, 1.165) is 37.7 Å². The molecule has 0 bridgehead atoms. The number of benzene rings is 1. The molecule has 8 heteroatoms. The number of carbonyl (C=O) groups is 1. The van der Waals surface area contributed by atoms with E-state index in [2.05, 4.69) is 32.2 Å². The van der Waals surface area contributed by atoms with Crippen LogP contribution >= 0.6 is 0 Å². The molecule has 0 spiro atoms. The number of rotatable bonds is 5. The summed E-state index contributed by atoms with van der Waals surface area (Å²) in [6.07, 6.45) is 0. The molecule has 2 heterocycles. The number of tetrazole rings is 1. The van der Waals surface area contributed by atoms with Gasteiger partial charge in [-0.1, -0.05) is 18.2 Å². The van der Waals surface area contributed by atoms with Gasteiger partial charge in [0, 0.05) is 40.3 Å². The minimum absolute atomic E-state index is 0.113. The van der Waals surface area contributed by atoms with Crippen LogP contribution in [0.25, 0.3) is 5.69 Å². The Morgan fingerprint density at radius 1 is 1.16 bits per heavy atom. The highest BCUT2D eigenvalue weighted by Crippen LogP contribution is 2.21. The second-order valence-electron chi connectivity index (χ2n) is 6.56. The van der Waals surface area contributed by atoms with Gasteiger partial charge in [0.15, 0.2) is 5.82 Å². The summed E-state index contributed by atoms with van der Waals surface area (Å²) in [4.78, 5) is 18.1. The Hall–Kier alpha value is -2.32. The third kappa shape index (κ3) is 4.02. The zero-order valence-corrected chi connectivity index (χ0v) is 15.0. The molecule has 1 aliphatic heterocycles. The van der Waals surface area contributed by atoms with E-state index in [1.54, 1.807) is 23.7 Å². The van der Waals surface area contributed by atoms with Crippen molar-refractivity contribution in [1.29, 1.82) is 0 Å². The van der Waals surface area contributed by atoms with Crippen LogP contribution in [-0.2, 0) is 4.79 Å². The van der Waals surface area contributed by atoms with Gasteiger partial charge in [-0.3, -0.25) is 14.6 Å². The summed E-state index contributed by atoms with van der Waals surface area (Å²) in [5.41, 5.74) is 0.963. The standard InChI is InChI=1S/C17H25N7O/c1-14(17-18-19-20-24(17)15-7-5-4-6-8-15)23-11-9-22(10-12-23)13-16(25)21(2)3/h4-8,14H,9-13H2,1-3H3/t14-/m1/s1. The van der Waals surface area contributed by atoms with Crippen LogP contribution in [0.3, 0.4) is 0 Å². The molecular formula is C17H25N7O. The van der Waals surface area contributed by atoms with Gasteiger partial charge in [0.1, 0.15) is 0 Å². The van der Waals surface area contributed by atoms with Crippen LogP contribution in [0.2, 0.25) is 0 Å². The predicted molar refractivity (Wildman–Crippen MR) is 94.3 cm³/mol. The molecule has 1 saturated heterocycles. The smallest absolute Gasteiger partial charge is 0.236 e. The molecule has 0 N–H and O–H groups in total. The van der Waals surface area contributed by atoms with Gasteiger partial charge in [0.2, 0.25) is 5.91 Å². The summed E-state index contributed by atoms with van der Waals surface area (Å²) in [6.45, 7) is 6.14. The average Bonchev–Trinajstić information content (AvgIpc) is 3.12. The molecule has 1 aromatic carbocycles. The van der Waals surface area contributed by atoms with Crippen molar-refractivity contribution in [3.63, 3.8) is 0 Å². The lowest BCUT2D eigenvalue weighted by atomic mass is 10.2. The second-order valence-corrected chi connectivity index (χ2v) is 6.56. The molecule has 134 valence electrons. The van der Waals surface area contributed by atoms with Crippen LogP contribution in [0.15, 0.2) is 30.3 Å². The van der Waals surface area contributed by atoms with E-state index in [4.69, 9.17) is 0 Å². The lowest BCUT2D eigenvalue weighted by molar-refractivity contribution is -0.130. The van der Waals surface area contributed by atoms with Gasteiger partial charge in [-0.2, -0.15) is 4.68 Å². The number of likely N-dealkylation sites (N-methyl/N-ethyl adjacent to an activating group) is 1. The summed E-state index contributed by atoms with van der Waals surface area (Å²) in [7, 11) is 3.59. The summed E-state index contributed by atoms with van der Waals surface area (Å²) in [5.74, 6) is 0.985. The van der Waals surface area contributed by atoms with Gasteiger partial charge < -0.3 is 4.90 Å². The maximum Gasteiger partial charge on any atom is 0.236 e. The first-order valence-corrected chi connectivity index (χ1v) is 8.56. The third-order valence-electron chi connectivity index (χ3n) is 4.68. The summed E-state index contributed by atoms with van der Waals surface area (Å²) < 4.78 is 1.80. The van der Waals surface area contributed by atoms with E-state index in [1.807, 2.05) is 30.3 Å². The minimum atomic E-state index is 0.113. The normalized spacial score (nSPS) is 17.4. The van der Waals surface area contributed by atoms with Gasteiger partial charge in [-0.15, -0.1) is 5.10 Å². The molecule has 1 aromatic heterocycles. The van der Waals surface area contributed by atoms with Crippen molar-refractivity contribution in [3.05, 3.63) is 36.2 Å². The maximum atomic E-state index is 11.9. The predicted octanol–water partition coefficient (Wildman–Crippen LogP) is 0.429. The molecule has 1 fully saturated rings. The van der Waals surface area contributed by atoms with Crippen molar-refractivity contribution in [2.75, 3.05) is 46.8 Å². The first-order valence-electron chi connectivity index (χ1n) is 8.56. The number of aromatic nitrogens is 4. The van der Waals surface area contributed by atoms with Crippen LogP contribution in [0.1, 0.15) is 18.8 Å². The lowest BCUT2D eigenvalue weighted by Gasteiger charge is -2.37. The Bertz CT molecular complexity index is 692. The third-order valence-corrected chi connectivity index (χ3v) is 4.68. The minimum Gasteiger partial charge on any atom is -0.348 e. The molecule has 3 rings (SSSR count). The van der Waals surface area contributed by atoms with Crippen molar-refractivity contribution in [1.82, 2.24) is 34.9 Å². The van der Waals surface area contributed by atoms with E-state index in [0.29, 0.717) is 6.54 Å². The number of nitrogens with zero attached hydrogens (tertiary/aromatic N) is 7. The van der Waals surface area contributed by atoms with Crippen molar-refractivity contribution in [2.24, 2.45) is 0 Å². The first-order chi connectivity index (χ1) is 12.1. The molecule has 1 atom stereocenters. The van der Waals surface area contributed by atoms with Crippen LogP contribution in [0.5, 0.6) is 0 Å². The number of amides is 1. The van der Waals surface area contributed by atoms with Gasteiger partial charge in [0.25, 0.3) is 0 Å². The van der Waals surface area contributed by atoms with E-state index in [1.165, 1.54) is 0 Å². The molecule has 25 heavy (non-hydrogen) atoms. The maximum absolute atomic E-state index is 11.9. The van der Waals surface area contributed by atoms with Crippen LogP contribution in [0, 0.1) is 0 Å². The molecule has 8 nitrogen and oxygen atoms in total. The SMILES string of the molecule is C[C@H](c1nnnn1-c1ccccc1)N1CCN(CC(=O)N(C)C)CC1. The molecule has 2 aromatic rings. The highest BCUT2D eigenvalue weighted by atomic mass is 16.2. The average molecular weight is 343 g/mol. The highest BCUT2D eigenvalue weighted by molar-refractivity contribution is 5.77. The Morgan fingerprint density at radius 3 is 2.48 bits per heavy atom. The van der Waals surface area contributed by atoms with Gasteiger partial charge in [0.05, 0.1) is 18.3 Å². The van der Waals surface area contributed by atoms with E-state index in [9.17, 15) is 4.79 Å². The van der Waals surface area contributed by atoms with E-state index >= 15 is 0 Å². The summed E-state index contributed by atoms with van der Waals surface area (Å²) in [6, 6.07) is 10.0. The Labute approximate surface area is 148 Å². The van der Waals surface area contributed by atoms with Gasteiger partial charge >= 0.3 is 0 Å². The summed E-state index contributed by atoms with van der Waals surface area (Å²) >= 11 is 0. The topological polar surface area (TPSA) is 70.4 Å². The Morgan fingerprint density at radius 2 is 1.84 bits per heavy atom. The quantitative estimate of drug-likeness (QED) is 0.784. The second kappa shape index (κ2) is 7.71. The van der Waals surface area contributed by atoms with Crippen LogP contribution in [-0.4, -0.2) is 87.6 Å². The molecule has 1 aliphatic rings. The largest absolute Gasteiger partial charge is 0.348 e. The number of para-hydroxylation sites is 1. The molecule has 1 amide bonds. The van der Waals surface area contributed by atoms with Crippen molar-refractivity contribution >= 4 is 5.91 Å². The van der Waals surface area contributed by atoms with E-state index in [-0.39, 0.29) is 11.9 Å². The molecule has 0 aliphatic carbocycles. The molecule has 0 unspecified atom stereocenters. The molecule has 0 saturated carbocycles. The zero-order chi connectivity index (χ0) is 17.8. The van der Waals surface area contributed by atoms with Crippen molar-refractivity contribution in [3.8, 4) is 5.69 Å². The molecule has 0 radical (unpaired) electrons. The van der Waals surface area contributed by atoms with Crippen LogP contribution < -0.4 is 0 Å². The number of hydrogen-bond donors (Lipinski definition) is 0. The fourth-order valence-electron chi connectivity index (χ4n) is 3.01. The lowest BCUT2D eigenvalue weighted by Crippen LogP contribution is -2.50. The van der Waals surface area contributed by atoms with Crippen molar-refractivity contribution < 1.29 is 4.79 Å². The highest BCUT2D eigenvalue weighted by Gasteiger charge is 2.27. The zero-order valence-electron chi connectivity index (χ0n) is 15.0. The van der Waals surface area contributed by atoms with Crippen molar-refractivity contribution in [2.45, 2.75) is 13.0 Å². The van der Waals surface area contributed by atoms with Gasteiger partial charge in [-0.25, -0.2) is 0 Å². The number of hydrogen-bond acceptors (Lipinski definition) is 6. The Kier molecular flexibility index (Phi) is 5.40. The summed E-state index contributed by atoms with van der Waals surface area (Å²) in [5, 5.41) is 12.3. The molecular weight excluding hydrogens is 318 g/mol. The number of piperazine rings is 1. The number of carbonyl (C=O) groups excluding carboxylic acids is 1. The first kappa shape index (κ1) is 17.5.